The van der Waals surface area contributed by atoms with Crippen LogP contribution >= 0.6 is 0 Å². The second-order valence-electron chi connectivity index (χ2n) is 12.3. The van der Waals surface area contributed by atoms with Crippen LogP contribution in [-0.2, 0) is 25.3 Å². The van der Waals surface area contributed by atoms with Gasteiger partial charge in [0.1, 0.15) is 11.6 Å². The van der Waals surface area contributed by atoms with E-state index in [0.717, 1.165) is 18.4 Å². The Balaban J connectivity index is 2.18. The molecule has 1 aliphatic rings. The minimum absolute atomic E-state index is 0.0145. The van der Waals surface area contributed by atoms with E-state index in [1.54, 1.807) is 4.90 Å². The van der Waals surface area contributed by atoms with Crippen LogP contribution in [0.3, 0.4) is 0 Å². The van der Waals surface area contributed by atoms with Crippen molar-refractivity contribution in [2.24, 2.45) is 5.73 Å². The Morgan fingerprint density at radius 1 is 1.14 bits per heavy atom. The summed E-state index contributed by atoms with van der Waals surface area (Å²) in [4.78, 5) is 27.3. The van der Waals surface area contributed by atoms with Crippen molar-refractivity contribution in [1.29, 1.82) is 0 Å². The molecule has 1 fully saturated rings. The lowest BCUT2D eigenvalue weighted by Gasteiger charge is -2.40. The van der Waals surface area contributed by atoms with E-state index in [0.29, 0.717) is 26.3 Å². The van der Waals surface area contributed by atoms with E-state index in [2.05, 4.69) is 39.2 Å². The molecule has 1 aromatic carbocycles. The Hall–Kier alpha value is -1.94. The summed E-state index contributed by atoms with van der Waals surface area (Å²) in [5, 5.41) is 3.33. The average molecular weight is 522 g/mol. The maximum atomic E-state index is 13.2. The highest BCUT2D eigenvalue weighted by atomic mass is 28.4. The topological polar surface area (TPSA) is 103 Å². The standard InChI is InChI=1S/C27H47N3O5Si/c1-25(2,3)35-24(32)30-16-12-15-27(30,20-33-17-21-13-10-9-11-14-21)19-29-22(23(28)31)18-34-36(7,8)26(4,5)6/h9-11,13-14,22,29H,12,15-20H2,1-8H3,(H2,28,31). The third-order valence-corrected chi connectivity index (χ3v) is 11.6. The molecule has 0 spiro atoms. The Kier molecular flexibility index (Phi) is 10.2. The van der Waals surface area contributed by atoms with Gasteiger partial charge in [0.15, 0.2) is 8.32 Å². The molecule has 36 heavy (non-hydrogen) atoms. The largest absolute Gasteiger partial charge is 0.444 e. The third-order valence-electron chi connectivity index (χ3n) is 7.13. The molecule has 0 saturated carbocycles. The van der Waals surface area contributed by atoms with E-state index in [1.165, 1.54) is 0 Å². The van der Waals surface area contributed by atoms with Crippen molar-refractivity contribution in [2.75, 3.05) is 26.3 Å². The lowest BCUT2D eigenvalue weighted by molar-refractivity contribution is -0.121. The summed E-state index contributed by atoms with van der Waals surface area (Å²) in [5.74, 6) is -0.476. The summed E-state index contributed by atoms with van der Waals surface area (Å²) < 4.78 is 18.1. The summed E-state index contributed by atoms with van der Waals surface area (Å²) >= 11 is 0. The zero-order chi connectivity index (χ0) is 27.2. The van der Waals surface area contributed by atoms with Crippen LogP contribution in [0.2, 0.25) is 18.1 Å². The monoisotopic (exact) mass is 521 g/mol. The summed E-state index contributed by atoms with van der Waals surface area (Å²) in [6.07, 6.45) is 1.16. The van der Waals surface area contributed by atoms with E-state index < -0.39 is 31.4 Å². The Bertz CT molecular complexity index is 866. The predicted octanol–water partition coefficient (Wildman–Crippen LogP) is 4.44. The molecule has 0 aromatic heterocycles. The van der Waals surface area contributed by atoms with Crippen LogP contribution in [0.15, 0.2) is 30.3 Å². The molecule has 0 bridgehead atoms. The van der Waals surface area contributed by atoms with Crippen LogP contribution in [0.1, 0.15) is 59.9 Å². The van der Waals surface area contributed by atoms with Gasteiger partial charge in [-0.2, -0.15) is 0 Å². The fraction of sp³-hybridized carbons (Fsp3) is 0.704. The minimum atomic E-state index is -2.07. The molecule has 0 radical (unpaired) electrons. The highest BCUT2D eigenvalue weighted by molar-refractivity contribution is 6.74. The van der Waals surface area contributed by atoms with Crippen molar-refractivity contribution in [1.82, 2.24) is 10.2 Å². The Labute approximate surface area is 218 Å². The van der Waals surface area contributed by atoms with Crippen molar-refractivity contribution in [3.8, 4) is 0 Å². The number of hydrogen-bond donors (Lipinski definition) is 2. The molecule has 9 heteroatoms. The minimum Gasteiger partial charge on any atom is -0.444 e. The third kappa shape index (κ3) is 8.57. The second kappa shape index (κ2) is 12.1. The Morgan fingerprint density at radius 3 is 2.33 bits per heavy atom. The molecule has 1 aromatic rings. The van der Waals surface area contributed by atoms with E-state index in [1.807, 2.05) is 51.1 Å². The number of rotatable bonds is 11. The van der Waals surface area contributed by atoms with Crippen LogP contribution in [0, 0.1) is 0 Å². The van der Waals surface area contributed by atoms with Gasteiger partial charge in [-0.25, -0.2) is 4.79 Å². The number of nitrogens with two attached hydrogens (primary N) is 1. The highest BCUT2D eigenvalue weighted by Crippen LogP contribution is 2.36. The predicted molar refractivity (Wildman–Crippen MR) is 145 cm³/mol. The number of ether oxygens (including phenoxy) is 2. The number of nitrogens with zero attached hydrogens (tertiary/aromatic N) is 1. The summed E-state index contributed by atoms with van der Waals surface area (Å²) in [6.45, 7) is 18.2. The molecule has 3 N–H and O–H groups in total. The number of likely N-dealkylation sites (tertiary alicyclic amines) is 1. The van der Waals surface area contributed by atoms with Gasteiger partial charge in [0.05, 0.1) is 25.4 Å². The molecular formula is C27H47N3O5Si. The number of nitrogens with one attached hydrogen (secondary N) is 1. The van der Waals surface area contributed by atoms with Gasteiger partial charge in [0, 0.05) is 13.1 Å². The maximum absolute atomic E-state index is 13.2. The first-order valence-electron chi connectivity index (χ1n) is 12.9. The van der Waals surface area contributed by atoms with Gasteiger partial charge in [0.2, 0.25) is 5.91 Å². The molecule has 2 amide bonds. The molecule has 1 heterocycles. The molecule has 204 valence electrons. The van der Waals surface area contributed by atoms with E-state index in [-0.39, 0.29) is 17.7 Å². The van der Waals surface area contributed by atoms with Gasteiger partial charge in [-0.05, 0) is 57.3 Å². The van der Waals surface area contributed by atoms with Gasteiger partial charge in [-0.1, -0.05) is 51.1 Å². The molecular weight excluding hydrogens is 474 g/mol. The maximum Gasteiger partial charge on any atom is 0.410 e. The molecule has 2 rings (SSSR count). The molecule has 2 unspecified atom stereocenters. The number of carbonyl (C=O) groups excluding carboxylic acids is 2. The zero-order valence-corrected chi connectivity index (χ0v) is 24.5. The average Bonchev–Trinajstić information content (AvgIpc) is 3.16. The first-order chi connectivity index (χ1) is 16.6. The van der Waals surface area contributed by atoms with Crippen molar-refractivity contribution < 1.29 is 23.5 Å². The SMILES string of the molecule is CC(C)(C)OC(=O)N1CCCC1(CNC(CO[Si](C)(C)C(C)(C)C)C(N)=O)COCc1ccccc1. The molecule has 1 saturated heterocycles. The first kappa shape index (κ1) is 30.3. The van der Waals surface area contributed by atoms with E-state index in [4.69, 9.17) is 19.6 Å². The van der Waals surface area contributed by atoms with Gasteiger partial charge < -0.3 is 25.0 Å². The lowest BCUT2D eigenvalue weighted by atomic mass is 9.96. The van der Waals surface area contributed by atoms with Gasteiger partial charge >= 0.3 is 6.09 Å². The van der Waals surface area contributed by atoms with Crippen molar-refractivity contribution in [3.05, 3.63) is 35.9 Å². The lowest BCUT2D eigenvalue weighted by Crippen LogP contribution is -2.60. The smallest absolute Gasteiger partial charge is 0.410 e. The fourth-order valence-electron chi connectivity index (χ4n) is 3.92. The van der Waals surface area contributed by atoms with Crippen molar-refractivity contribution in [3.63, 3.8) is 0 Å². The Morgan fingerprint density at radius 2 is 1.78 bits per heavy atom. The fourth-order valence-corrected chi connectivity index (χ4v) is 4.94. The van der Waals surface area contributed by atoms with Crippen LogP contribution in [-0.4, -0.2) is 68.7 Å². The molecule has 0 aliphatic carbocycles. The number of benzene rings is 1. The van der Waals surface area contributed by atoms with Crippen LogP contribution in [0.25, 0.3) is 0 Å². The number of amides is 2. The molecule has 2 atom stereocenters. The quantitative estimate of drug-likeness (QED) is 0.417. The van der Waals surface area contributed by atoms with Crippen LogP contribution in [0.5, 0.6) is 0 Å². The van der Waals surface area contributed by atoms with Gasteiger partial charge in [-0.3, -0.25) is 9.69 Å². The van der Waals surface area contributed by atoms with Crippen molar-refractivity contribution >= 4 is 20.3 Å². The first-order valence-corrected chi connectivity index (χ1v) is 15.8. The molecule has 8 nitrogen and oxygen atoms in total. The van der Waals surface area contributed by atoms with Gasteiger partial charge in [-0.15, -0.1) is 0 Å². The molecule has 1 aliphatic heterocycles. The summed E-state index contributed by atoms with van der Waals surface area (Å²) in [6, 6.07) is 9.24. The second-order valence-corrected chi connectivity index (χ2v) is 17.2. The summed E-state index contributed by atoms with van der Waals surface area (Å²) in [7, 11) is -2.07. The van der Waals surface area contributed by atoms with Crippen molar-refractivity contribution in [2.45, 2.75) is 96.3 Å². The van der Waals surface area contributed by atoms with Crippen LogP contribution in [0.4, 0.5) is 4.79 Å². The highest BCUT2D eigenvalue weighted by Gasteiger charge is 2.46. The van der Waals surface area contributed by atoms with Crippen LogP contribution < -0.4 is 11.1 Å². The number of hydrogen-bond acceptors (Lipinski definition) is 6. The van der Waals surface area contributed by atoms with Gasteiger partial charge in [0.25, 0.3) is 0 Å². The number of carbonyl (C=O) groups is 2. The normalized spacial score (nSPS) is 19.8. The van der Waals surface area contributed by atoms with E-state index >= 15 is 0 Å². The van der Waals surface area contributed by atoms with E-state index in [9.17, 15) is 9.59 Å². The zero-order valence-electron chi connectivity index (χ0n) is 23.5. The number of primary amides is 1. The summed E-state index contributed by atoms with van der Waals surface area (Å²) in [5.41, 5.74) is 5.53.